The molecule has 0 bridgehead atoms. The average molecular weight is 316 g/mol. The molecule has 0 aliphatic heterocycles. The lowest BCUT2D eigenvalue weighted by Crippen LogP contribution is -2.17. The maximum atomic E-state index is 12.3. The number of halogens is 1. The third-order valence-corrected chi connectivity index (χ3v) is 3.77. The zero-order valence-electron chi connectivity index (χ0n) is 12.1. The Morgan fingerprint density at radius 3 is 2.64 bits per heavy atom. The van der Waals surface area contributed by atoms with Crippen LogP contribution in [0.5, 0.6) is 5.75 Å². The van der Waals surface area contributed by atoms with E-state index in [1.54, 1.807) is 35.3 Å². The van der Waals surface area contributed by atoms with Gasteiger partial charge in [0.05, 0.1) is 16.9 Å². The maximum Gasteiger partial charge on any atom is 0.256 e. The van der Waals surface area contributed by atoms with Crippen molar-refractivity contribution in [3.05, 3.63) is 63.8 Å². The summed E-state index contributed by atoms with van der Waals surface area (Å²) >= 11 is 6.21. The summed E-state index contributed by atoms with van der Waals surface area (Å²) in [6.45, 7) is 1.83. The van der Waals surface area contributed by atoms with Gasteiger partial charge < -0.3 is 5.11 Å². The molecule has 0 radical (unpaired) electrons. The lowest BCUT2D eigenvalue weighted by Gasteiger charge is -2.12. The number of nitrogens with zero attached hydrogens (tertiary/aromatic N) is 3. The van der Waals surface area contributed by atoms with Crippen molar-refractivity contribution in [2.75, 3.05) is 0 Å². The minimum absolute atomic E-state index is 0.163. The molecule has 3 rings (SSSR count). The van der Waals surface area contributed by atoms with Crippen LogP contribution in [-0.2, 0) is 7.05 Å². The first-order valence-corrected chi connectivity index (χ1v) is 7.05. The van der Waals surface area contributed by atoms with Crippen LogP contribution < -0.4 is 5.56 Å². The molecule has 0 spiro atoms. The van der Waals surface area contributed by atoms with Gasteiger partial charge in [-0.2, -0.15) is 5.10 Å². The molecule has 0 fully saturated rings. The lowest BCUT2D eigenvalue weighted by molar-refractivity contribution is 0.474. The zero-order chi connectivity index (χ0) is 15.9. The summed E-state index contributed by atoms with van der Waals surface area (Å²) < 4.78 is 3.19. The van der Waals surface area contributed by atoms with Crippen LogP contribution in [0.2, 0.25) is 5.02 Å². The normalized spacial score (nSPS) is 10.9. The van der Waals surface area contributed by atoms with Gasteiger partial charge in [-0.25, -0.2) is 0 Å². The second-order valence-electron chi connectivity index (χ2n) is 5.12. The highest BCUT2D eigenvalue weighted by atomic mass is 35.5. The van der Waals surface area contributed by atoms with Crippen molar-refractivity contribution in [3.8, 4) is 22.6 Å². The molecule has 0 amide bonds. The predicted octanol–water partition coefficient (Wildman–Crippen LogP) is 2.91. The summed E-state index contributed by atoms with van der Waals surface area (Å²) in [6, 6.07) is 6.25. The van der Waals surface area contributed by atoms with Crippen molar-refractivity contribution in [2.45, 2.75) is 6.92 Å². The maximum absolute atomic E-state index is 12.3. The highest BCUT2D eigenvalue weighted by Crippen LogP contribution is 2.27. The molecule has 6 heteroatoms. The van der Waals surface area contributed by atoms with Crippen LogP contribution in [-0.4, -0.2) is 19.5 Å². The summed E-state index contributed by atoms with van der Waals surface area (Å²) in [7, 11) is 1.82. The molecule has 0 saturated carbocycles. The summed E-state index contributed by atoms with van der Waals surface area (Å²) in [5.74, 6) is 0.163. The number of benzene rings is 1. The summed E-state index contributed by atoms with van der Waals surface area (Å²) in [6.07, 6.45) is 5.22. The molecule has 3 aromatic rings. The molecule has 0 aliphatic rings. The van der Waals surface area contributed by atoms with Gasteiger partial charge in [0.1, 0.15) is 5.75 Å². The Kier molecular flexibility index (Phi) is 3.50. The molecule has 2 heterocycles. The van der Waals surface area contributed by atoms with E-state index in [0.29, 0.717) is 10.7 Å². The van der Waals surface area contributed by atoms with Crippen LogP contribution in [0.1, 0.15) is 5.56 Å². The topological polar surface area (TPSA) is 60.0 Å². The van der Waals surface area contributed by atoms with Crippen LogP contribution in [0, 0.1) is 6.92 Å². The number of aryl methyl sites for hydroxylation is 2. The van der Waals surface area contributed by atoms with Crippen molar-refractivity contribution in [2.24, 2.45) is 7.05 Å². The van der Waals surface area contributed by atoms with Gasteiger partial charge >= 0.3 is 0 Å². The van der Waals surface area contributed by atoms with Crippen LogP contribution in [0.25, 0.3) is 16.8 Å². The fraction of sp³-hybridized carbons (Fsp3) is 0.125. The van der Waals surface area contributed by atoms with Crippen LogP contribution >= 0.6 is 11.6 Å². The van der Waals surface area contributed by atoms with Gasteiger partial charge in [-0.15, -0.1) is 0 Å². The number of pyridine rings is 1. The third-order valence-electron chi connectivity index (χ3n) is 3.46. The van der Waals surface area contributed by atoms with E-state index in [4.69, 9.17) is 11.6 Å². The Morgan fingerprint density at radius 1 is 1.23 bits per heavy atom. The number of aromatic nitrogens is 3. The average Bonchev–Trinajstić information content (AvgIpc) is 2.86. The Hall–Kier alpha value is -2.53. The fourth-order valence-electron chi connectivity index (χ4n) is 2.38. The zero-order valence-corrected chi connectivity index (χ0v) is 12.9. The molecule has 0 aliphatic carbocycles. The highest BCUT2D eigenvalue weighted by molar-refractivity contribution is 6.33. The number of rotatable bonds is 2. The van der Waals surface area contributed by atoms with Gasteiger partial charge in [-0.1, -0.05) is 11.6 Å². The van der Waals surface area contributed by atoms with E-state index in [1.807, 2.05) is 20.2 Å². The molecule has 2 aromatic heterocycles. The molecule has 0 saturated heterocycles. The smallest absolute Gasteiger partial charge is 0.256 e. The molecule has 0 unspecified atom stereocenters. The standard InChI is InChI=1S/C16H14ClN3O2/c1-10-5-12(21)3-4-15(10)20-9-13(14(17)6-16(20)22)11-7-18-19(2)8-11/h3-9,21H,1-2H3. The van der Waals surface area contributed by atoms with Crippen LogP contribution in [0.15, 0.2) is 47.7 Å². The second-order valence-corrected chi connectivity index (χ2v) is 5.52. The Morgan fingerprint density at radius 2 is 2.00 bits per heavy atom. The monoisotopic (exact) mass is 315 g/mol. The molecule has 1 aromatic carbocycles. The minimum atomic E-state index is -0.230. The van der Waals surface area contributed by atoms with E-state index in [0.717, 1.165) is 16.7 Å². The number of phenolic OH excluding ortho intramolecular Hbond substituents is 1. The Balaban J connectivity index is 2.22. The van der Waals surface area contributed by atoms with Gasteiger partial charge in [-0.3, -0.25) is 14.0 Å². The van der Waals surface area contributed by atoms with Crippen LogP contribution in [0.3, 0.4) is 0 Å². The number of aromatic hydroxyl groups is 1. The van der Waals surface area contributed by atoms with Crippen molar-refractivity contribution < 1.29 is 5.11 Å². The minimum Gasteiger partial charge on any atom is -0.508 e. The van der Waals surface area contributed by atoms with E-state index in [1.165, 1.54) is 10.6 Å². The summed E-state index contributed by atoms with van der Waals surface area (Å²) in [4.78, 5) is 12.3. The second kappa shape index (κ2) is 5.35. The molecular weight excluding hydrogens is 302 g/mol. The van der Waals surface area contributed by atoms with Gasteiger partial charge in [-0.05, 0) is 30.7 Å². The number of hydrogen-bond acceptors (Lipinski definition) is 3. The first-order valence-electron chi connectivity index (χ1n) is 6.67. The van der Waals surface area contributed by atoms with Crippen molar-refractivity contribution in [1.29, 1.82) is 0 Å². The third kappa shape index (κ3) is 2.51. The van der Waals surface area contributed by atoms with Crippen molar-refractivity contribution >= 4 is 11.6 Å². The fourth-order valence-corrected chi connectivity index (χ4v) is 2.63. The van der Waals surface area contributed by atoms with Gasteiger partial charge in [0.25, 0.3) is 5.56 Å². The molecular formula is C16H14ClN3O2. The molecule has 1 N–H and O–H groups in total. The Labute approximate surface area is 132 Å². The first-order chi connectivity index (χ1) is 10.5. The van der Waals surface area contributed by atoms with Gasteiger partial charge in [0.15, 0.2) is 0 Å². The van der Waals surface area contributed by atoms with E-state index in [9.17, 15) is 9.90 Å². The molecule has 112 valence electrons. The van der Waals surface area contributed by atoms with Gasteiger partial charge in [0, 0.05) is 36.6 Å². The molecule has 0 atom stereocenters. The lowest BCUT2D eigenvalue weighted by atomic mass is 10.1. The molecule has 22 heavy (non-hydrogen) atoms. The first kappa shape index (κ1) is 14.4. The number of hydrogen-bond donors (Lipinski definition) is 1. The quantitative estimate of drug-likeness (QED) is 0.791. The largest absolute Gasteiger partial charge is 0.508 e. The Bertz CT molecular complexity index is 912. The SMILES string of the molecule is Cc1cc(O)ccc1-n1cc(-c2cnn(C)c2)c(Cl)cc1=O. The number of phenols is 1. The van der Waals surface area contributed by atoms with E-state index in [2.05, 4.69) is 5.10 Å². The predicted molar refractivity (Wildman–Crippen MR) is 85.7 cm³/mol. The van der Waals surface area contributed by atoms with Crippen LogP contribution in [0.4, 0.5) is 0 Å². The van der Waals surface area contributed by atoms with E-state index < -0.39 is 0 Å². The van der Waals surface area contributed by atoms with E-state index >= 15 is 0 Å². The highest BCUT2D eigenvalue weighted by Gasteiger charge is 2.11. The van der Waals surface area contributed by atoms with Crippen molar-refractivity contribution in [1.82, 2.24) is 14.3 Å². The van der Waals surface area contributed by atoms with Gasteiger partial charge in [0.2, 0.25) is 0 Å². The van der Waals surface area contributed by atoms with E-state index in [-0.39, 0.29) is 11.3 Å². The summed E-state index contributed by atoms with van der Waals surface area (Å²) in [5.41, 5.74) is 2.82. The molecule has 5 nitrogen and oxygen atoms in total. The summed E-state index contributed by atoms with van der Waals surface area (Å²) in [5, 5.41) is 14.0. The van der Waals surface area contributed by atoms with Crippen molar-refractivity contribution in [3.63, 3.8) is 0 Å².